The molecule has 0 aromatic carbocycles. The summed E-state index contributed by atoms with van der Waals surface area (Å²) in [5, 5.41) is 13.4. The van der Waals surface area contributed by atoms with Gasteiger partial charge >= 0.3 is 0 Å². The molecule has 2 rings (SSSR count). The van der Waals surface area contributed by atoms with Crippen LogP contribution in [0.15, 0.2) is 4.99 Å². The molecule has 4 heteroatoms. The Morgan fingerprint density at radius 1 is 1.53 bits per heavy atom. The van der Waals surface area contributed by atoms with Crippen LogP contribution in [-0.2, 0) is 0 Å². The molecule has 2 atom stereocenters. The maximum Gasteiger partial charge on any atom is 0.188 e. The highest BCUT2D eigenvalue weighted by Gasteiger charge is 2.38. The van der Waals surface area contributed by atoms with Gasteiger partial charge in [0.1, 0.15) is 0 Å². The molecular formula is C11H21N3O. The fourth-order valence-corrected chi connectivity index (χ4v) is 2.17. The Morgan fingerprint density at radius 2 is 2.27 bits per heavy atom. The smallest absolute Gasteiger partial charge is 0.188 e. The highest BCUT2D eigenvalue weighted by molar-refractivity contribution is 5.78. The second-order valence-corrected chi connectivity index (χ2v) is 5.02. The largest absolute Gasteiger partial charge is 0.388 e. The lowest BCUT2D eigenvalue weighted by Gasteiger charge is -2.25. The van der Waals surface area contributed by atoms with Crippen molar-refractivity contribution in [2.24, 2.45) is 16.6 Å². The maximum absolute atomic E-state index is 10.3. The molecule has 86 valence electrons. The van der Waals surface area contributed by atoms with E-state index in [1.165, 1.54) is 12.8 Å². The first kappa shape index (κ1) is 10.7. The van der Waals surface area contributed by atoms with Gasteiger partial charge in [0.25, 0.3) is 0 Å². The normalized spacial score (nSPS) is 36.9. The summed E-state index contributed by atoms with van der Waals surface area (Å²) in [6, 6.07) is 0.532. The van der Waals surface area contributed by atoms with Gasteiger partial charge in [0.15, 0.2) is 5.96 Å². The van der Waals surface area contributed by atoms with Crippen LogP contribution in [0.5, 0.6) is 0 Å². The number of aliphatic hydroxyl groups is 1. The zero-order valence-electron chi connectivity index (χ0n) is 9.37. The molecule has 0 radical (unpaired) electrons. The summed E-state index contributed by atoms with van der Waals surface area (Å²) in [5.74, 6) is 0.833. The van der Waals surface area contributed by atoms with Crippen LogP contribution in [0.3, 0.4) is 0 Å². The molecule has 2 aliphatic carbocycles. The topological polar surface area (TPSA) is 70.6 Å². The monoisotopic (exact) mass is 211 g/mol. The SMILES string of the molecule is CC1CCCC1(O)CN=C(N)NC1CC1. The molecule has 2 saturated carbocycles. The predicted molar refractivity (Wildman–Crippen MR) is 60.6 cm³/mol. The molecule has 0 aliphatic heterocycles. The van der Waals surface area contributed by atoms with E-state index in [-0.39, 0.29) is 0 Å². The third-order valence-corrected chi connectivity index (χ3v) is 3.62. The summed E-state index contributed by atoms with van der Waals surface area (Å²) in [6.07, 6.45) is 5.44. The average Bonchev–Trinajstić information content (AvgIpc) is 2.93. The van der Waals surface area contributed by atoms with E-state index in [4.69, 9.17) is 5.73 Å². The van der Waals surface area contributed by atoms with Crippen LogP contribution in [0.25, 0.3) is 0 Å². The second kappa shape index (κ2) is 4.00. The van der Waals surface area contributed by atoms with Crippen molar-refractivity contribution < 1.29 is 5.11 Å². The number of aliphatic imine (C=N–C) groups is 1. The average molecular weight is 211 g/mol. The fraction of sp³-hybridized carbons (Fsp3) is 0.909. The Balaban J connectivity index is 1.84. The minimum absolute atomic E-state index is 0.343. The Labute approximate surface area is 91.0 Å². The molecule has 4 N–H and O–H groups in total. The molecule has 0 amide bonds. The molecule has 0 heterocycles. The van der Waals surface area contributed by atoms with Crippen LogP contribution in [0.2, 0.25) is 0 Å². The van der Waals surface area contributed by atoms with E-state index in [2.05, 4.69) is 17.2 Å². The first-order valence-electron chi connectivity index (χ1n) is 5.89. The Hall–Kier alpha value is -0.770. The van der Waals surface area contributed by atoms with Gasteiger partial charge in [-0.2, -0.15) is 0 Å². The van der Waals surface area contributed by atoms with E-state index >= 15 is 0 Å². The molecule has 15 heavy (non-hydrogen) atoms. The lowest BCUT2D eigenvalue weighted by atomic mass is 9.93. The van der Waals surface area contributed by atoms with Gasteiger partial charge < -0.3 is 16.2 Å². The van der Waals surface area contributed by atoms with E-state index in [1.807, 2.05) is 0 Å². The van der Waals surface area contributed by atoms with Crippen molar-refractivity contribution in [3.05, 3.63) is 0 Å². The van der Waals surface area contributed by atoms with Crippen molar-refractivity contribution in [3.63, 3.8) is 0 Å². The standard InChI is InChI=1S/C11H21N3O/c1-8-3-2-6-11(8,15)7-13-10(12)14-9-4-5-9/h8-9,15H,2-7H2,1H3,(H3,12,13,14). The van der Waals surface area contributed by atoms with Gasteiger partial charge in [-0.05, 0) is 31.6 Å². The minimum atomic E-state index is -0.615. The number of nitrogens with two attached hydrogens (primary N) is 1. The van der Waals surface area contributed by atoms with Crippen LogP contribution in [0, 0.1) is 5.92 Å². The summed E-state index contributed by atoms with van der Waals surface area (Å²) < 4.78 is 0. The Kier molecular flexibility index (Phi) is 2.87. The molecule has 0 bridgehead atoms. The van der Waals surface area contributed by atoms with E-state index in [0.717, 1.165) is 19.3 Å². The molecule has 0 aromatic heterocycles. The number of nitrogens with zero attached hydrogens (tertiary/aromatic N) is 1. The highest BCUT2D eigenvalue weighted by Crippen LogP contribution is 2.35. The third-order valence-electron chi connectivity index (χ3n) is 3.62. The number of hydrogen-bond acceptors (Lipinski definition) is 2. The summed E-state index contributed by atoms with van der Waals surface area (Å²) in [5.41, 5.74) is 5.11. The van der Waals surface area contributed by atoms with Gasteiger partial charge in [-0.3, -0.25) is 4.99 Å². The predicted octanol–water partition coefficient (Wildman–Crippen LogP) is 0.604. The van der Waals surface area contributed by atoms with Crippen LogP contribution in [0.1, 0.15) is 39.0 Å². The molecule has 0 spiro atoms. The van der Waals surface area contributed by atoms with E-state index in [9.17, 15) is 5.11 Å². The third kappa shape index (κ3) is 2.62. The van der Waals surface area contributed by atoms with E-state index in [1.54, 1.807) is 0 Å². The molecule has 4 nitrogen and oxygen atoms in total. The molecular weight excluding hydrogens is 190 g/mol. The number of nitrogens with one attached hydrogen (secondary N) is 1. The van der Waals surface area contributed by atoms with Crippen molar-refractivity contribution in [1.82, 2.24) is 5.32 Å². The zero-order valence-corrected chi connectivity index (χ0v) is 9.37. The first-order valence-corrected chi connectivity index (χ1v) is 5.89. The summed E-state index contributed by atoms with van der Waals surface area (Å²) in [4.78, 5) is 4.24. The lowest BCUT2D eigenvalue weighted by molar-refractivity contribution is 0.0186. The summed E-state index contributed by atoms with van der Waals surface area (Å²) in [7, 11) is 0. The van der Waals surface area contributed by atoms with Gasteiger partial charge in [0.05, 0.1) is 12.1 Å². The minimum Gasteiger partial charge on any atom is -0.388 e. The van der Waals surface area contributed by atoms with Gasteiger partial charge in [0.2, 0.25) is 0 Å². The molecule has 2 fully saturated rings. The van der Waals surface area contributed by atoms with Crippen molar-refractivity contribution in [3.8, 4) is 0 Å². The van der Waals surface area contributed by atoms with Gasteiger partial charge in [-0.15, -0.1) is 0 Å². The Morgan fingerprint density at radius 3 is 2.80 bits per heavy atom. The summed E-state index contributed by atoms with van der Waals surface area (Å²) in [6.45, 7) is 2.53. The number of rotatable bonds is 3. The first-order chi connectivity index (χ1) is 7.10. The molecule has 0 saturated heterocycles. The van der Waals surface area contributed by atoms with Crippen LogP contribution < -0.4 is 11.1 Å². The van der Waals surface area contributed by atoms with Crippen LogP contribution in [0.4, 0.5) is 0 Å². The van der Waals surface area contributed by atoms with E-state index < -0.39 is 5.60 Å². The Bertz CT molecular complexity index is 263. The summed E-state index contributed by atoms with van der Waals surface area (Å²) >= 11 is 0. The van der Waals surface area contributed by atoms with Crippen molar-refractivity contribution in [1.29, 1.82) is 0 Å². The number of guanidine groups is 1. The van der Waals surface area contributed by atoms with Crippen LogP contribution in [-0.4, -0.2) is 29.3 Å². The van der Waals surface area contributed by atoms with Crippen molar-refractivity contribution in [2.75, 3.05) is 6.54 Å². The van der Waals surface area contributed by atoms with Crippen molar-refractivity contribution in [2.45, 2.75) is 50.7 Å². The van der Waals surface area contributed by atoms with Gasteiger partial charge in [-0.1, -0.05) is 13.3 Å². The van der Waals surface area contributed by atoms with Crippen molar-refractivity contribution >= 4 is 5.96 Å². The maximum atomic E-state index is 10.3. The molecule has 2 unspecified atom stereocenters. The van der Waals surface area contributed by atoms with Gasteiger partial charge in [-0.25, -0.2) is 0 Å². The second-order valence-electron chi connectivity index (χ2n) is 5.02. The number of hydrogen-bond donors (Lipinski definition) is 3. The molecule has 2 aliphatic rings. The van der Waals surface area contributed by atoms with Gasteiger partial charge in [0, 0.05) is 6.04 Å². The fourth-order valence-electron chi connectivity index (χ4n) is 2.17. The molecule has 0 aromatic rings. The zero-order chi connectivity index (χ0) is 10.9. The lowest BCUT2D eigenvalue weighted by Crippen LogP contribution is -2.39. The highest BCUT2D eigenvalue weighted by atomic mass is 16.3. The van der Waals surface area contributed by atoms with Crippen LogP contribution >= 0.6 is 0 Å². The van der Waals surface area contributed by atoms with E-state index in [0.29, 0.717) is 24.5 Å². The quantitative estimate of drug-likeness (QED) is 0.473.